The third-order valence-electron chi connectivity index (χ3n) is 6.68. The highest BCUT2D eigenvalue weighted by Gasteiger charge is 2.27. The van der Waals surface area contributed by atoms with Crippen molar-refractivity contribution in [3.8, 4) is 11.8 Å². The zero-order valence-electron chi connectivity index (χ0n) is 18.5. The summed E-state index contributed by atoms with van der Waals surface area (Å²) in [6.07, 6.45) is 9.26. The highest BCUT2D eigenvalue weighted by Crippen LogP contribution is 2.33. The van der Waals surface area contributed by atoms with Gasteiger partial charge in [-0.2, -0.15) is 4.98 Å². The zero-order valence-corrected chi connectivity index (χ0v) is 18.5. The summed E-state index contributed by atoms with van der Waals surface area (Å²) < 4.78 is 25.3. The molecule has 32 heavy (non-hydrogen) atoms. The molecule has 0 amide bonds. The standard InChI is InChI=1S/C25H32N2O5/c28-23-14-20(16-31-24-8-4-5-13-29-24)27-15-22(32-25(27)26-23)17-30-21-11-9-19(10-12-21)18-6-2-1-3-7-18/h9-12,14,18,22,24H,1-8,13,15-17H2/t22-,24?/m0/s1. The van der Waals surface area contributed by atoms with Crippen molar-refractivity contribution < 1.29 is 18.9 Å². The van der Waals surface area contributed by atoms with Crippen LogP contribution in [0.4, 0.5) is 0 Å². The van der Waals surface area contributed by atoms with Gasteiger partial charge in [0.15, 0.2) is 12.4 Å². The summed E-state index contributed by atoms with van der Waals surface area (Å²) >= 11 is 0. The van der Waals surface area contributed by atoms with Gasteiger partial charge in [0.1, 0.15) is 12.4 Å². The summed E-state index contributed by atoms with van der Waals surface area (Å²) in [5.41, 5.74) is 1.85. The van der Waals surface area contributed by atoms with Gasteiger partial charge in [-0.3, -0.25) is 9.36 Å². The fourth-order valence-corrected chi connectivity index (χ4v) is 4.89. The van der Waals surface area contributed by atoms with Crippen LogP contribution in [-0.4, -0.2) is 35.2 Å². The molecule has 7 heteroatoms. The Kier molecular flexibility index (Phi) is 6.74. The Morgan fingerprint density at radius 1 is 1.03 bits per heavy atom. The van der Waals surface area contributed by atoms with E-state index in [0.717, 1.165) is 37.3 Å². The van der Waals surface area contributed by atoms with Gasteiger partial charge in [-0.1, -0.05) is 31.4 Å². The molecule has 2 aliphatic heterocycles. The van der Waals surface area contributed by atoms with Crippen molar-refractivity contribution >= 4 is 0 Å². The largest absolute Gasteiger partial charge is 0.490 e. The first kappa shape index (κ1) is 21.5. The van der Waals surface area contributed by atoms with Crippen LogP contribution in [0.5, 0.6) is 11.8 Å². The topological polar surface area (TPSA) is 71.8 Å². The van der Waals surface area contributed by atoms with Gasteiger partial charge in [0.2, 0.25) is 0 Å². The molecule has 1 aromatic heterocycles. The van der Waals surface area contributed by atoms with Crippen molar-refractivity contribution in [1.82, 2.24) is 9.55 Å². The summed E-state index contributed by atoms with van der Waals surface area (Å²) in [7, 11) is 0. The monoisotopic (exact) mass is 440 g/mol. The van der Waals surface area contributed by atoms with Gasteiger partial charge in [-0.15, -0.1) is 0 Å². The molecule has 0 N–H and O–H groups in total. The van der Waals surface area contributed by atoms with Crippen LogP contribution in [-0.2, 0) is 22.6 Å². The zero-order chi connectivity index (χ0) is 21.8. The average Bonchev–Trinajstić information content (AvgIpc) is 3.25. The van der Waals surface area contributed by atoms with Crippen LogP contribution in [0.15, 0.2) is 35.1 Å². The molecule has 2 aromatic rings. The molecule has 1 saturated heterocycles. The Morgan fingerprint density at radius 3 is 2.62 bits per heavy atom. The van der Waals surface area contributed by atoms with Crippen LogP contribution in [0.25, 0.3) is 0 Å². The van der Waals surface area contributed by atoms with Crippen LogP contribution in [0.2, 0.25) is 0 Å². The maximum absolute atomic E-state index is 12.0. The second kappa shape index (κ2) is 10.0. The van der Waals surface area contributed by atoms with E-state index in [1.54, 1.807) is 0 Å². The number of aromatic nitrogens is 2. The second-order valence-corrected chi connectivity index (χ2v) is 9.04. The van der Waals surface area contributed by atoms with Crippen molar-refractivity contribution in [2.24, 2.45) is 0 Å². The summed E-state index contributed by atoms with van der Waals surface area (Å²) in [5, 5.41) is 0. The lowest BCUT2D eigenvalue weighted by Gasteiger charge is -2.23. The fourth-order valence-electron chi connectivity index (χ4n) is 4.89. The van der Waals surface area contributed by atoms with Crippen LogP contribution in [0.1, 0.15) is 68.5 Å². The first-order valence-electron chi connectivity index (χ1n) is 12.0. The molecule has 1 saturated carbocycles. The minimum atomic E-state index is -0.320. The lowest BCUT2D eigenvalue weighted by atomic mass is 9.84. The van der Waals surface area contributed by atoms with Crippen LogP contribution in [0, 0.1) is 0 Å². The molecule has 1 unspecified atom stereocenters. The van der Waals surface area contributed by atoms with E-state index >= 15 is 0 Å². The van der Waals surface area contributed by atoms with Gasteiger partial charge in [0.25, 0.3) is 5.56 Å². The lowest BCUT2D eigenvalue weighted by molar-refractivity contribution is -0.169. The SMILES string of the molecule is O=c1cc(COC2CCCCO2)n2c(n1)O[C@H](COc1ccc(C3CCCCC3)cc1)C2. The molecule has 0 radical (unpaired) electrons. The van der Waals surface area contributed by atoms with E-state index in [2.05, 4.69) is 29.2 Å². The Hall–Kier alpha value is -2.38. The van der Waals surface area contributed by atoms with Crippen molar-refractivity contribution in [3.05, 3.63) is 51.9 Å². The third-order valence-corrected chi connectivity index (χ3v) is 6.68. The van der Waals surface area contributed by atoms with Gasteiger partial charge in [-0.25, -0.2) is 0 Å². The Morgan fingerprint density at radius 2 is 1.84 bits per heavy atom. The van der Waals surface area contributed by atoms with Gasteiger partial charge in [-0.05, 0) is 55.7 Å². The van der Waals surface area contributed by atoms with Crippen molar-refractivity contribution in [2.45, 2.75) is 82.8 Å². The molecule has 0 bridgehead atoms. The molecule has 0 spiro atoms. The third kappa shape index (κ3) is 5.15. The number of ether oxygens (including phenoxy) is 4. The molecule has 1 aliphatic carbocycles. The average molecular weight is 441 g/mol. The fraction of sp³-hybridized carbons (Fsp3) is 0.600. The second-order valence-electron chi connectivity index (χ2n) is 9.04. The van der Waals surface area contributed by atoms with E-state index in [0.29, 0.717) is 31.7 Å². The number of fused-ring (bicyclic) bond motifs is 1. The molecule has 1 aromatic carbocycles. The number of hydrogen-bond donors (Lipinski definition) is 0. The molecule has 7 nitrogen and oxygen atoms in total. The summed E-state index contributed by atoms with van der Waals surface area (Å²) in [5.74, 6) is 1.53. The predicted molar refractivity (Wildman–Crippen MR) is 119 cm³/mol. The molecule has 3 aliphatic rings. The molecule has 2 fully saturated rings. The Labute approximate surface area is 188 Å². The van der Waals surface area contributed by atoms with E-state index in [4.69, 9.17) is 18.9 Å². The van der Waals surface area contributed by atoms with Gasteiger partial charge < -0.3 is 18.9 Å². The maximum Gasteiger partial charge on any atom is 0.300 e. The summed E-state index contributed by atoms with van der Waals surface area (Å²) in [6.45, 7) is 2.00. The summed E-state index contributed by atoms with van der Waals surface area (Å²) in [4.78, 5) is 16.0. The van der Waals surface area contributed by atoms with Crippen molar-refractivity contribution in [2.75, 3.05) is 13.2 Å². The quantitative estimate of drug-likeness (QED) is 0.643. The predicted octanol–water partition coefficient (Wildman–Crippen LogP) is 4.17. The Bertz CT molecular complexity index is 946. The van der Waals surface area contributed by atoms with Gasteiger partial charge >= 0.3 is 6.01 Å². The molecule has 172 valence electrons. The smallest absolute Gasteiger partial charge is 0.300 e. The molecule has 5 rings (SSSR count). The normalized spacial score (nSPS) is 23.5. The van der Waals surface area contributed by atoms with Crippen LogP contribution in [0.3, 0.4) is 0 Å². The highest BCUT2D eigenvalue weighted by molar-refractivity contribution is 5.29. The minimum Gasteiger partial charge on any atom is -0.490 e. The van der Waals surface area contributed by atoms with Gasteiger partial charge in [0, 0.05) is 12.7 Å². The van der Waals surface area contributed by atoms with Crippen molar-refractivity contribution in [3.63, 3.8) is 0 Å². The van der Waals surface area contributed by atoms with Crippen LogP contribution < -0.4 is 15.0 Å². The van der Waals surface area contributed by atoms with Gasteiger partial charge in [0.05, 0.1) is 18.8 Å². The first-order valence-corrected chi connectivity index (χ1v) is 12.0. The van der Waals surface area contributed by atoms with Crippen molar-refractivity contribution in [1.29, 1.82) is 0 Å². The van der Waals surface area contributed by atoms with E-state index < -0.39 is 0 Å². The highest BCUT2D eigenvalue weighted by atomic mass is 16.7. The van der Waals surface area contributed by atoms with E-state index in [-0.39, 0.29) is 18.0 Å². The molecular weight excluding hydrogens is 408 g/mol. The Balaban J connectivity index is 1.16. The van der Waals surface area contributed by atoms with E-state index in [1.165, 1.54) is 43.7 Å². The maximum atomic E-state index is 12.0. The van der Waals surface area contributed by atoms with E-state index in [9.17, 15) is 4.79 Å². The number of benzene rings is 1. The minimum absolute atomic E-state index is 0.202. The van der Waals surface area contributed by atoms with E-state index in [1.807, 2.05) is 4.57 Å². The molecule has 3 heterocycles. The number of rotatable bonds is 7. The lowest BCUT2D eigenvalue weighted by Crippen LogP contribution is -2.24. The number of hydrogen-bond acceptors (Lipinski definition) is 6. The van der Waals surface area contributed by atoms with Crippen LogP contribution >= 0.6 is 0 Å². The molecular formula is C25H32N2O5. The first-order chi connectivity index (χ1) is 15.7. The number of nitrogens with zero attached hydrogens (tertiary/aromatic N) is 2. The summed E-state index contributed by atoms with van der Waals surface area (Å²) in [6, 6.07) is 10.3. The molecule has 2 atom stereocenters.